The Balaban J connectivity index is 4.34. The minimum absolute atomic E-state index is 0.743. The van der Waals surface area contributed by atoms with Gasteiger partial charge < -0.3 is 14.6 Å². The van der Waals surface area contributed by atoms with Gasteiger partial charge in [0.15, 0.2) is 0 Å². The van der Waals surface area contributed by atoms with Crippen molar-refractivity contribution in [1.82, 2.24) is 0 Å². The van der Waals surface area contributed by atoms with Crippen LogP contribution in [0, 0.1) is 0 Å². The predicted molar refractivity (Wildman–Crippen MR) is 81.1 cm³/mol. The van der Waals surface area contributed by atoms with Crippen LogP contribution in [-0.4, -0.2) is 28.3 Å². The minimum Gasteiger partial charge on any atom is -0.394 e. The average Bonchev–Trinajstić information content (AvgIpc) is 2.37. The molecule has 0 aliphatic carbocycles. The van der Waals surface area contributed by atoms with E-state index in [4.69, 9.17) is 14.6 Å². The average molecular weight is 276 g/mol. The zero-order chi connectivity index (χ0) is 13.7. The summed E-state index contributed by atoms with van der Waals surface area (Å²) in [4.78, 5) is 0. The molecule has 0 heterocycles. The van der Waals surface area contributed by atoms with Gasteiger partial charge in [-0.3, -0.25) is 0 Å². The quantitative estimate of drug-likeness (QED) is 0.410. The Kier molecular flexibility index (Phi) is 12.2. The van der Waals surface area contributed by atoms with Crippen molar-refractivity contribution in [3.63, 3.8) is 0 Å². The third-order valence-corrected chi connectivity index (χ3v) is 6.96. The third-order valence-electron chi connectivity index (χ3n) is 3.12. The van der Waals surface area contributed by atoms with Gasteiger partial charge in [-0.25, -0.2) is 0 Å². The summed E-state index contributed by atoms with van der Waals surface area (Å²) < 4.78 is 12.4. The second-order valence-corrected chi connectivity index (χ2v) is 8.36. The highest BCUT2D eigenvalue weighted by molar-refractivity contribution is 6.67. The molecule has 0 spiro atoms. The second kappa shape index (κ2) is 12.1. The van der Waals surface area contributed by atoms with Crippen molar-refractivity contribution in [2.24, 2.45) is 5.73 Å². The highest BCUT2D eigenvalue weighted by atomic mass is 28.4. The topological polar surface area (TPSA) is 44.5 Å². The van der Waals surface area contributed by atoms with E-state index in [1.807, 2.05) is 0 Å². The maximum atomic E-state index is 6.22. The normalized spacial score (nSPS) is 12.0. The molecular weight excluding hydrogens is 242 g/mol. The summed E-state index contributed by atoms with van der Waals surface area (Å²) in [5.74, 6) is 0. The van der Waals surface area contributed by atoms with Crippen LogP contribution in [0.2, 0.25) is 12.1 Å². The molecule has 0 aromatic carbocycles. The van der Waals surface area contributed by atoms with Crippen molar-refractivity contribution in [2.75, 3.05) is 19.8 Å². The predicted octanol–water partition coefficient (Wildman–Crippen LogP) is 3.82. The molecule has 0 saturated carbocycles. The van der Waals surface area contributed by atoms with Crippen molar-refractivity contribution >= 4 is 8.56 Å². The molecule has 0 aliphatic rings. The molecule has 0 unspecified atom stereocenters. The van der Waals surface area contributed by atoms with Crippen molar-refractivity contribution in [2.45, 2.75) is 71.4 Å². The fraction of sp³-hybridized carbons (Fsp3) is 1.00. The van der Waals surface area contributed by atoms with Crippen LogP contribution in [-0.2, 0) is 8.85 Å². The zero-order valence-corrected chi connectivity index (χ0v) is 13.7. The van der Waals surface area contributed by atoms with Gasteiger partial charge in [0, 0.05) is 13.2 Å². The van der Waals surface area contributed by atoms with E-state index in [1.165, 1.54) is 12.8 Å². The van der Waals surface area contributed by atoms with Crippen molar-refractivity contribution < 1.29 is 8.85 Å². The van der Waals surface area contributed by atoms with Gasteiger partial charge in [0.1, 0.15) is 0 Å². The summed E-state index contributed by atoms with van der Waals surface area (Å²) in [5.41, 5.74) is 5.65. The molecule has 2 N–H and O–H groups in total. The maximum absolute atomic E-state index is 6.22. The highest BCUT2D eigenvalue weighted by Crippen LogP contribution is 2.23. The van der Waals surface area contributed by atoms with Crippen LogP contribution in [0.15, 0.2) is 0 Å². The van der Waals surface area contributed by atoms with Crippen LogP contribution in [0.25, 0.3) is 0 Å². The molecule has 0 atom stereocenters. The van der Waals surface area contributed by atoms with Gasteiger partial charge in [0.25, 0.3) is 0 Å². The first-order chi connectivity index (χ1) is 8.74. The first kappa shape index (κ1) is 18.1. The third kappa shape index (κ3) is 8.24. The zero-order valence-electron chi connectivity index (χ0n) is 12.7. The van der Waals surface area contributed by atoms with E-state index in [-0.39, 0.29) is 0 Å². The first-order valence-electron chi connectivity index (χ1n) is 7.72. The Morgan fingerprint density at radius 3 is 1.72 bits per heavy atom. The summed E-state index contributed by atoms with van der Waals surface area (Å²) >= 11 is 0. The Bertz CT molecular complexity index is 169. The Hall–Kier alpha value is 0.0969. The maximum Gasteiger partial charge on any atom is 0.338 e. The Morgan fingerprint density at radius 2 is 1.33 bits per heavy atom. The summed E-state index contributed by atoms with van der Waals surface area (Å²) in [5, 5.41) is 0. The number of hydrogen-bond acceptors (Lipinski definition) is 3. The van der Waals surface area contributed by atoms with Crippen LogP contribution in [0.3, 0.4) is 0 Å². The van der Waals surface area contributed by atoms with Crippen LogP contribution in [0.5, 0.6) is 0 Å². The van der Waals surface area contributed by atoms with E-state index >= 15 is 0 Å². The molecule has 0 saturated heterocycles. The van der Waals surface area contributed by atoms with E-state index in [2.05, 4.69) is 20.8 Å². The summed E-state index contributed by atoms with van der Waals surface area (Å²) in [6, 6.07) is 2.17. The molecule has 0 radical (unpaired) electrons. The molecule has 0 aromatic rings. The summed E-state index contributed by atoms with van der Waals surface area (Å²) in [6.07, 6.45) is 6.82. The van der Waals surface area contributed by atoms with Crippen molar-refractivity contribution in [3.05, 3.63) is 0 Å². The fourth-order valence-corrected chi connectivity index (χ4v) is 5.46. The largest absolute Gasteiger partial charge is 0.394 e. The van der Waals surface area contributed by atoms with E-state index < -0.39 is 8.56 Å². The molecule has 0 aromatic heterocycles. The lowest BCUT2D eigenvalue weighted by Gasteiger charge is -2.31. The second-order valence-electron chi connectivity index (χ2n) is 4.96. The molecule has 4 heteroatoms. The number of nitrogens with two attached hydrogens (primary N) is 1. The lowest BCUT2D eigenvalue weighted by Crippen LogP contribution is -2.43. The molecule has 0 bridgehead atoms. The van der Waals surface area contributed by atoms with E-state index in [0.717, 1.165) is 57.5 Å². The van der Waals surface area contributed by atoms with Crippen LogP contribution >= 0.6 is 0 Å². The van der Waals surface area contributed by atoms with Gasteiger partial charge in [0.2, 0.25) is 0 Å². The molecule has 0 aliphatic heterocycles. The van der Waals surface area contributed by atoms with Crippen molar-refractivity contribution in [3.8, 4) is 0 Å². The van der Waals surface area contributed by atoms with Crippen LogP contribution < -0.4 is 5.73 Å². The number of hydrogen-bond donors (Lipinski definition) is 1. The van der Waals surface area contributed by atoms with E-state index in [9.17, 15) is 0 Å². The van der Waals surface area contributed by atoms with Gasteiger partial charge in [-0.1, -0.05) is 40.0 Å². The fourth-order valence-electron chi connectivity index (χ4n) is 2.01. The minimum atomic E-state index is -1.97. The molecule has 18 heavy (non-hydrogen) atoms. The smallest absolute Gasteiger partial charge is 0.338 e. The van der Waals surface area contributed by atoms with Crippen molar-refractivity contribution in [1.29, 1.82) is 0 Å². The molecular formula is C14H33NO2Si. The van der Waals surface area contributed by atoms with E-state index in [0.29, 0.717) is 0 Å². The monoisotopic (exact) mass is 275 g/mol. The van der Waals surface area contributed by atoms with Gasteiger partial charge >= 0.3 is 8.56 Å². The molecule has 0 fully saturated rings. The number of rotatable bonds is 13. The van der Waals surface area contributed by atoms with Crippen LogP contribution in [0.4, 0.5) is 0 Å². The molecule has 110 valence electrons. The Morgan fingerprint density at radius 1 is 0.778 bits per heavy atom. The summed E-state index contributed by atoms with van der Waals surface area (Å²) in [6.45, 7) is 9.08. The standard InChI is InChI=1S/C14H33NO2Si/c1-4-7-11-16-18(13-6-3,14-9-10-15)17-12-8-5-2/h4-15H2,1-3H3. The molecule has 3 nitrogen and oxygen atoms in total. The SMILES string of the molecule is CCCCO[Si](CCC)(CCCN)OCCCC. The summed E-state index contributed by atoms with van der Waals surface area (Å²) in [7, 11) is -1.97. The van der Waals surface area contributed by atoms with E-state index in [1.54, 1.807) is 0 Å². The molecule has 0 rings (SSSR count). The van der Waals surface area contributed by atoms with Gasteiger partial charge in [-0.15, -0.1) is 0 Å². The Labute approximate surface area is 115 Å². The molecule has 0 amide bonds. The van der Waals surface area contributed by atoms with Crippen LogP contribution in [0.1, 0.15) is 59.3 Å². The highest BCUT2D eigenvalue weighted by Gasteiger charge is 2.35. The number of unbranched alkanes of at least 4 members (excludes halogenated alkanes) is 2. The first-order valence-corrected chi connectivity index (χ1v) is 9.95. The van der Waals surface area contributed by atoms with Gasteiger partial charge in [-0.2, -0.15) is 0 Å². The lowest BCUT2D eigenvalue weighted by atomic mass is 10.4. The van der Waals surface area contributed by atoms with Gasteiger partial charge in [0.05, 0.1) is 0 Å². The lowest BCUT2D eigenvalue weighted by molar-refractivity contribution is 0.162. The van der Waals surface area contributed by atoms with Gasteiger partial charge in [-0.05, 0) is 37.9 Å².